The summed E-state index contributed by atoms with van der Waals surface area (Å²) in [4.78, 5) is 10.6. The van der Waals surface area contributed by atoms with Crippen molar-refractivity contribution in [2.24, 2.45) is 5.92 Å². The van der Waals surface area contributed by atoms with Gasteiger partial charge in [-0.2, -0.15) is 0 Å². The second-order valence-corrected chi connectivity index (χ2v) is 7.99. The summed E-state index contributed by atoms with van der Waals surface area (Å²) in [6, 6.07) is 0. The fraction of sp³-hybridized carbons (Fsp3) is 0.727. The highest BCUT2D eigenvalue weighted by molar-refractivity contribution is 7.99. The van der Waals surface area contributed by atoms with Crippen molar-refractivity contribution < 1.29 is 18.3 Å². The molecule has 1 fully saturated rings. The van der Waals surface area contributed by atoms with Crippen molar-refractivity contribution in [3.05, 3.63) is 5.82 Å². The zero-order chi connectivity index (χ0) is 14.8. The third kappa shape index (κ3) is 3.72. The zero-order valence-corrected chi connectivity index (χ0v) is 12.8. The maximum atomic E-state index is 11.5. The molecule has 0 aromatic carbocycles. The maximum Gasteiger partial charge on any atom is 0.313 e. The molecule has 2 rings (SSSR count). The molecule has 1 aliphatic heterocycles. The molecule has 0 radical (unpaired) electrons. The summed E-state index contributed by atoms with van der Waals surface area (Å²) in [6.45, 7) is 2.48. The summed E-state index contributed by atoms with van der Waals surface area (Å²) in [7, 11) is -2.91. The van der Waals surface area contributed by atoms with E-state index < -0.39 is 15.8 Å². The summed E-state index contributed by atoms with van der Waals surface area (Å²) in [6.07, 6.45) is 1.33. The van der Waals surface area contributed by atoms with Gasteiger partial charge in [0, 0.05) is 13.0 Å². The van der Waals surface area contributed by atoms with Crippen LogP contribution in [0.25, 0.3) is 0 Å². The minimum Gasteiger partial charge on any atom is -0.481 e. The Labute approximate surface area is 121 Å². The van der Waals surface area contributed by atoms with Crippen molar-refractivity contribution in [1.82, 2.24) is 14.8 Å². The molecule has 0 spiro atoms. The molecule has 1 saturated heterocycles. The van der Waals surface area contributed by atoms with E-state index in [1.165, 1.54) is 0 Å². The predicted molar refractivity (Wildman–Crippen MR) is 74.5 cm³/mol. The Morgan fingerprint density at radius 3 is 2.80 bits per heavy atom. The van der Waals surface area contributed by atoms with Crippen LogP contribution in [0.1, 0.15) is 19.2 Å². The number of carbonyl (C=O) groups is 1. The lowest BCUT2D eigenvalue weighted by Crippen LogP contribution is -2.15. The van der Waals surface area contributed by atoms with E-state index >= 15 is 0 Å². The van der Waals surface area contributed by atoms with Gasteiger partial charge in [0.25, 0.3) is 0 Å². The number of carboxylic acid groups (broad SMARTS) is 1. The topological polar surface area (TPSA) is 102 Å². The number of aryl methyl sites for hydroxylation is 1. The van der Waals surface area contributed by atoms with Crippen LogP contribution in [0.2, 0.25) is 0 Å². The molecular weight excluding hydrogens is 302 g/mol. The summed E-state index contributed by atoms with van der Waals surface area (Å²) in [5, 5.41) is 17.3. The SMILES string of the molecule is CCc1nnc(SCC(=O)O)n1CC1CCS(=O)(=O)C1. The molecule has 0 aliphatic carbocycles. The number of carboxylic acids is 1. The van der Waals surface area contributed by atoms with Crippen LogP contribution in [0.5, 0.6) is 0 Å². The smallest absolute Gasteiger partial charge is 0.313 e. The number of aliphatic carboxylic acids is 1. The second-order valence-electron chi connectivity index (χ2n) is 4.81. The van der Waals surface area contributed by atoms with Crippen LogP contribution < -0.4 is 0 Å². The van der Waals surface area contributed by atoms with Crippen molar-refractivity contribution in [3.63, 3.8) is 0 Å². The lowest BCUT2D eigenvalue weighted by Gasteiger charge is -2.12. The van der Waals surface area contributed by atoms with Crippen LogP contribution in [0, 0.1) is 5.92 Å². The molecule has 2 heterocycles. The molecule has 9 heteroatoms. The number of rotatable bonds is 6. The molecule has 1 atom stereocenters. The van der Waals surface area contributed by atoms with Crippen LogP contribution in [0.15, 0.2) is 5.16 Å². The molecule has 1 aliphatic rings. The first-order valence-corrected chi connectivity index (χ1v) is 9.19. The Bertz CT molecular complexity index is 597. The number of nitrogens with zero attached hydrogens (tertiary/aromatic N) is 3. The summed E-state index contributed by atoms with van der Waals surface area (Å²) in [5.74, 6) is 0.264. The molecule has 1 aromatic heterocycles. The molecule has 0 saturated carbocycles. The first kappa shape index (κ1) is 15.3. The van der Waals surface area contributed by atoms with Gasteiger partial charge in [-0.05, 0) is 12.3 Å². The minimum atomic E-state index is -2.91. The Kier molecular flexibility index (Phi) is 4.69. The Balaban J connectivity index is 2.12. The number of aromatic nitrogens is 3. The molecule has 0 amide bonds. The highest BCUT2D eigenvalue weighted by Gasteiger charge is 2.29. The predicted octanol–water partition coefficient (Wildman–Crippen LogP) is 0.452. The monoisotopic (exact) mass is 319 g/mol. The Hall–Kier alpha value is -1.09. The number of hydrogen-bond acceptors (Lipinski definition) is 6. The van der Waals surface area contributed by atoms with Gasteiger partial charge in [0.15, 0.2) is 15.0 Å². The largest absolute Gasteiger partial charge is 0.481 e. The van der Waals surface area contributed by atoms with Gasteiger partial charge in [-0.25, -0.2) is 8.42 Å². The van der Waals surface area contributed by atoms with Gasteiger partial charge in [-0.15, -0.1) is 10.2 Å². The molecule has 112 valence electrons. The van der Waals surface area contributed by atoms with Gasteiger partial charge in [-0.3, -0.25) is 4.79 Å². The average molecular weight is 319 g/mol. The molecule has 0 bridgehead atoms. The third-order valence-electron chi connectivity index (χ3n) is 3.20. The van der Waals surface area contributed by atoms with Crippen molar-refractivity contribution in [3.8, 4) is 0 Å². The van der Waals surface area contributed by atoms with Crippen molar-refractivity contribution in [2.75, 3.05) is 17.3 Å². The van der Waals surface area contributed by atoms with Crippen LogP contribution in [-0.4, -0.2) is 51.5 Å². The maximum absolute atomic E-state index is 11.5. The van der Waals surface area contributed by atoms with Crippen molar-refractivity contribution in [2.45, 2.75) is 31.5 Å². The highest BCUT2D eigenvalue weighted by Crippen LogP contribution is 2.24. The quantitative estimate of drug-likeness (QED) is 0.759. The van der Waals surface area contributed by atoms with Gasteiger partial charge >= 0.3 is 5.97 Å². The van der Waals surface area contributed by atoms with Gasteiger partial charge in [0.05, 0.1) is 17.3 Å². The molecule has 1 unspecified atom stereocenters. The number of thioether (sulfide) groups is 1. The number of sulfone groups is 1. The Morgan fingerprint density at radius 1 is 1.50 bits per heavy atom. The van der Waals surface area contributed by atoms with E-state index in [1.807, 2.05) is 11.5 Å². The second kappa shape index (κ2) is 6.13. The fourth-order valence-corrected chi connectivity index (χ4v) is 4.81. The van der Waals surface area contributed by atoms with Gasteiger partial charge < -0.3 is 9.67 Å². The molecule has 1 aromatic rings. The molecule has 20 heavy (non-hydrogen) atoms. The first-order chi connectivity index (χ1) is 9.41. The van der Waals surface area contributed by atoms with E-state index in [4.69, 9.17) is 5.11 Å². The van der Waals surface area contributed by atoms with Gasteiger partial charge in [0.2, 0.25) is 0 Å². The van der Waals surface area contributed by atoms with Crippen LogP contribution in [-0.2, 0) is 27.6 Å². The highest BCUT2D eigenvalue weighted by atomic mass is 32.2. The number of hydrogen-bond donors (Lipinski definition) is 1. The minimum absolute atomic E-state index is 0.0606. The lowest BCUT2D eigenvalue weighted by atomic mass is 10.1. The van der Waals surface area contributed by atoms with Crippen molar-refractivity contribution >= 4 is 27.6 Å². The fourth-order valence-electron chi connectivity index (χ4n) is 2.27. The summed E-state index contributed by atoms with van der Waals surface area (Å²) < 4.78 is 24.9. The van der Waals surface area contributed by atoms with E-state index in [1.54, 1.807) is 0 Å². The van der Waals surface area contributed by atoms with Gasteiger partial charge in [0.1, 0.15) is 5.82 Å². The molecular formula is C11H17N3O4S2. The average Bonchev–Trinajstić information content (AvgIpc) is 2.90. The van der Waals surface area contributed by atoms with E-state index in [-0.39, 0.29) is 23.2 Å². The zero-order valence-electron chi connectivity index (χ0n) is 11.2. The van der Waals surface area contributed by atoms with E-state index in [0.717, 1.165) is 17.6 Å². The van der Waals surface area contributed by atoms with Crippen molar-refractivity contribution in [1.29, 1.82) is 0 Å². The van der Waals surface area contributed by atoms with Gasteiger partial charge in [-0.1, -0.05) is 18.7 Å². The standard InChI is InChI=1S/C11H17N3O4S2/c1-2-9-12-13-11(19-6-10(15)16)14(9)5-8-3-4-20(17,18)7-8/h8H,2-7H2,1H3,(H,15,16). The normalized spacial score (nSPS) is 21.1. The summed E-state index contributed by atoms with van der Waals surface area (Å²) >= 11 is 1.11. The lowest BCUT2D eigenvalue weighted by molar-refractivity contribution is -0.133. The first-order valence-electron chi connectivity index (χ1n) is 6.38. The molecule has 7 nitrogen and oxygen atoms in total. The van der Waals surface area contributed by atoms with Crippen LogP contribution in [0.4, 0.5) is 0 Å². The van der Waals surface area contributed by atoms with E-state index in [2.05, 4.69) is 10.2 Å². The van der Waals surface area contributed by atoms with E-state index in [0.29, 0.717) is 24.5 Å². The summed E-state index contributed by atoms with van der Waals surface area (Å²) in [5.41, 5.74) is 0. The third-order valence-corrected chi connectivity index (χ3v) is 5.99. The van der Waals surface area contributed by atoms with Crippen LogP contribution in [0.3, 0.4) is 0 Å². The van der Waals surface area contributed by atoms with E-state index in [9.17, 15) is 13.2 Å². The van der Waals surface area contributed by atoms with Crippen LogP contribution >= 0.6 is 11.8 Å². The Morgan fingerprint density at radius 2 is 2.25 bits per heavy atom. The molecule has 1 N–H and O–H groups in total.